The van der Waals surface area contributed by atoms with Crippen LogP contribution < -0.4 is 15.4 Å². The number of hydrogen-bond donors (Lipinski definition) is 3. The van der Waals surface area contributed by atoms with Crippen LogP contribution in [0.5, 0.6) is 0 Å². The van der Waals surface area contributed by atoms with Gasteiger partial charge in [-0.2, -0.15) is 0 Å². The fraction of sp³-hybridized carbons (Fsp3) is 0.676. The van der Waals surface area contributed by atoms with Crippen molar-refractivity contribution in [2.75, 3.05) is 26.2 Å². The SMILES string of the molecule is CC[C@@H]1C[C@]1(NC(=O)CN1C[C@@H](C)OC(=O)N2Cc3cccc(c3C2)CCCCC(C)(C)COC(=O)NCC1=O)C(=O)NS(=O)(=O)C1CC1. The van der Waals surface area contributed by atoms with Gasteiger partial charge < -0.3 is 25.0 Å². The molecule has 14 nitrogen and oxygen atoms in total. The summed E-state index contributed by atoms with van der Waals surface area (Å²) in [6, 6.07) is 6.08. The molecule has 5 amide bonds. The average Bonchev–Trinajstić information content (AvgIpc) is 3.96. The molecule has 0 aromatic heterocycles. The van der Waals surface area contributed by atoms with E-state index in [1.807, 2.05) is 32.9 Å². The van der Waals surface area contributed by atoms with E-state index in [4.69, 9.17) is 9.47 Å². The molecular weight excluding hydrogens is 654 g/mol. The molecule has 2 aliphatic heterocycles. The first-order valence-corrected chi connectivity index (χ1v) is 18.8. The van der Waals surface area contributed by atoms with Gasteiger partial charge in [-0.15, -0.1) is 0 Å². The zero-order chi connectivity index (χ0) is 35.6. The van der Waals surface area contributed by atoms with Crippen LogP contribution >= 0.6 is 0 Å². The Labute approximate surface area is 288 Å². The summed E-state index contributed by atoms with van der Waals surface area (Å²) < 4.78 is 38.3. The summed E-state index contributed by atoms with van der Waals surface area (Å²) in [4.78, 5) is 68.6. The number of benzene rings is 1. The van der Waals surface area contributed by atoms with Gasteiger partial charge in [0, 0.05) is 13.1 Å². The van der Waals surface area contributed by atoms with Crippen molar-refractivity contribution < 1.29 is 41.9 Å². The number of carbonyl (C=O) groups is 5. The number of fused-ring (bicyclic) bond motifs is 1. The van der Waals surface area contributed by atoms with Gasteiger partial charge in [0.15, 0.2) is 0 Å². The van der Waals surface area contributed by atoms with Gasteiger partial charge >= 0.3 is 12.2 Å². The number of alkyl carbamates (subject to hydrolysis) is 1. The van der Waals surface area contributed by atoms with E-state index < -0.39 is 69.9 Å². The van der Waals surface area contributed by atoms with E-state index in [1.165, 1.54) is 5.56 Å². The first-order valence-electron chi connectivity index (χ1n) is 17.2. The number of aryl methyl sites for hydroxylation is 1. The van der Waals surface area contributed by atoms with Crippen LogP contribution in [0, 0.1) is 11.3 Å². The summed E-state index contributed by atoms with van der Waals surface area (Å²) >= 11 is 0. The summed E-state index contributed by atoms with van der Waals surface area (Å²) in [5, 5.41) is 4.53. The Morgan fingerprint density at radius 1 is 1.08 bits per heavy atom. The van der Waals surface area contributed by atoms with E-state index in [2.05, 4.69) is 21.4 Å². The van der Waals surface area contributed by atoms with E-state index in [0.29, 0.717) is 32.4 Å². The van der Waals surface area contributed by atoms with Crippen LogP contribution in [-0.2, 0) is 53.4 Å². The number of sulfonamides is 1. The number of rotatable bonds is 7. The molecule has 2 heterocycles. The van der Waals surface area contributed by atoms with Crippen LogP contribution in [0.25, 0.3) is 0 Å². The molecule has 0 unspecified atom stereocenters. The molecule has 3 atom stereocenters. The predicted molar refractivity (Wildman–Crippen MR) is 178 cm³/mol. The van der Waals surface area contributed by atoms with Gasteiger partial charge in [-0.3, -0.25) is 24.0 Å². The van der Waals surface area contributed by atoms with E-state index in [1.54, 1.807) is 11.8 Å². The highest BCUT2D eigenvalue weighted by Crippen LogP contribution is 2.46. The van der Waals surface area contributed by atoms with Gasteiger partial charge in [0.25, 0.3) is 5.91 Å². The number of cyclic esters (lactones) is 2. The van der Waals surface area contributed by atoms with Crippen molar-refractivity contribution in [2.45, 2.75) is 109 Å². The van der Waals surface area contributed by atoms with Crippen LogP contribution in [0.2, 0.25) is 0 Å². The van der Waals surface area contributed by atoms with Gasteiger partial charge in [-0.25, -0.2) is 18.0 Å². The number of ether oxygens (including phenoxy) is 2. The second-order valence-corrected chi connectivity index (χ2v) is 16.6. The van der Waals surface area contributed by atoms with Gasteiger partial charge in [0.05, 0.1) is 24.9 Å². The Bertz CT molecular complexity index is 1580. The maximum atomic E-state index is 13.4. The minimum Gasteiger partial charge on any atom is -0.449 e. The van der Waals surface area contributed by atoms with Crippen LogP contribution in [0.4, 0.5) is 9.59 Å². The molecule has 2 bridgehead atoms. The molecule has 0 saturated heterocycles. The van der Waals surface area contributed by atoms with Crippen molar-refractivity contribution in [3.63, 3.8) is 0 Å². The molecule has 15 heteroatoms. The predicted octanol–water partition coefficient (Wildman–Crippen LogP) is 2.73. The van der Waals surface area contributed by atoms with Crippen LogP contribution in [-0.4, -0.2) is 91.3 Å². The largest absolute Gasteiger partial charge is 0.449 e. The van der Waals surface area contributed by atoms with Crippen molar-refractivity contribution in [1.82, 2.24) is 25.2 Å². The third kappa shape index (κ3) is 9.03. The topological polar surface area (TPSA) is 181 Å². The van der Waals surface area contributed by atoms with Gasteiger partial charge in [0.1, 0.15) is 18.2 Å². The summed E-state index contributed by atoms with van der Waals surface area (Å²) in [6.45, 7) is 7.24. The zero-order valence-corrected chi connectivity index (χ0v) is 29.7. The van der Waals surface area contributed by atoms with E-state index >= 15 is 0 Å². The molecule has 3 N–H and O–H groups in total. The molecule has 2 saturated carbocycles. The molecule has 49 heavy (non-hydrogen) atoms. The molecule has 1 aromatic carbocycles. The van der Waals surface area contributed by atoms with Crippen molar-refractivity contribution >= 4 is 39.9 Å². The lowest BCUT2D eigenvalue weighted by Crippen LogP contribution is -2.55. The standard InChI is InChI=1S/C34H49N5O9S/c1-5-25-15-34(25,30(42)37-49(45,46)26-12-13-26)36-28(40)20-38-17-22(2)48-32(44)39-18-24-11-8-10-23(27(24)19-39)9-6-7-14-33(3,4)21-47-31(43)35-16-29(38)41/h8,10-11,22,25-26H,5-7,9,12-21H2,1-4H3,(H,35,43)(H,36,40)(H,37,42)/t22-,25-,34-/m1/s1. The lowest BCUT2D eigenvalue weighted by molar-refractivity contribution is -0.137. The summed E-state index contributed by atoms with van der Waals surface area (Å²) in [6.07, 6.45) is 3.10. The van der Waals surface area contributed by atoms with Crippen molar-refractivity contribution in [3.8, 4) is 0 Å². The maximum absolute atomic E-state index is 13.4. The highest BCUT2D eigenvalue weighted by atomic mass is 32.2. The molecule has 5 rings (SSSR count). The molecule has 1 aromatic rings. The monoisotopic (exact) mass is 703 g/mol. The number of nitrogens with zero attached hydrogens (tertiary/aromatic N) is 2. The van der Waals surface area contributed by atoms with Crippen LogP contribution in [0.3, 0.4) is 0 Å². The Morgan fingerprint density at radius 3 is 2.51 bits per heavy atom. The molecular formula is C34H49N5O9S. The van der Waals surface area contributed by atoms with Crippen LogP contribution in [0.15, 0.2) is 18.2 Å². The number of nitrogens with one attached hydrogen (secondary N) is 3. The zero-order valence-electron chi connectivity index (χ0n) is 28.8. The average molecular weight is 704 g/mol. The third-order valence-corrected chi connectivity index (χ3v) is 11.7. The molecule has 0 radical (unpaired) electrons. The Balaban J connectivity index is 1.29. The molecule has 2 aliphatic carbocycles. The second-order valence-electron chi connectivity index (χ2n) is 14.7. The first-order chi connectivity index (χ1) is 23.1. The number of amides is 5. The lowest BCUT2D eigenvalue weighted by Gasteiger charge is -2.28. The van der Waals surface area contributed by atoms with Crippen molar-refractivity contribution in [2.24, 2.45) is 11.3 Å². The quantitative estimate of drug-likeness (QED) is 0.385. The van der Waals surface area contributed by atoms with Crippen molar-refractivity contribution in [1.29, 1.82) is 0 Å². The fourth-order valence-corrected chi connectivity index (χ4v) is 8.08. The Morgan fingerprint density at radius 2 is 1.82 bits per heavy atom. The Hall–Kier alpha value is -3.88. The Kier molecular flexibility index (Phi) is 10.8. The second kappa shape index (κ2) is 14.5. The van der Waals surface area contributed by atoms with E-state index in [9.17, 15) is 32.4 Å². The molecule has 0 spiro atoms. The smallest absolute Gasteiger partial charge is 0.410 e. The normalized spacial score (nSPS) is 26.6. The van der Waals surface area contributed by atoms with Gasteiger partial charge in [0.2, 0.25) is 21.8 Å². The molecule has 2 fully saturated rings. The maximum Gasteiger partial charge on any atom is 0.410 e. The minimum absolute atomic E-state index is 0.154. The molecule has 270 valence electrons. The minimum atomic E-state index is -3.84. The van der Waals surface area contributed by atoms with Crippen molar-refractivity contribution in [3.05, 3.63) is 34.9 Å². The highest BCUT2D eigenvalue weighted by molar-refractivity contribution is 7.91. The first kappa shape index (κ1) is 36.4. The van der Waals surface area contributed by atoms with Crippen LogP contribution in [0.1, 0.15) is 89.3 Å². The summed E-state index contributed by atoms with van der Waals surface area (Å²) in [5.41, 5.74) is 1.65. The lowest BCUT2D eigenvalue weighted by atomic mass is 9.87. The van der Waals surface area contributed by atoms with E-state index in [-0.39, 0.29) is 30.9 Å². The van der Waals surface area contributed by atoms with Gasteiger partial charge in [-0.1, -0.05) is 51.8 Å². The number of hydrogen-bond acceptors (Lipinski definition) is 9. The molecule has 4 aliphatic rings. The fourth-order valence-electron chi connectivity index (χ4n) is 6.72. The third-order valence-electron chi connectivity index (χ3n) is 9.90. The highest BCUT2D eigenvalue weighted by Gasteiger charge is 2.61. The summed E-state index contributed by atoms with van der Waals surface area (Å²) in [5.74, 6) is -2.40. The van der Waals surface area contributed by atoms with Gasteiger partial charge in [-0.05, 0) is 73.5 Å². The number of carbonyl (C=O) groups excluding carboxylic acids is 5. The van der Waals surface area contributed by atoms with E-state index in [0.717, 1.165) is 41.7 Å². The summed E-state index contributed by atoms with van der Waals surface area (Å²) in [7, 11) is -3.84.